The zero-order chi connectivity index (χ0) is 28.1. The summed E-state index contributed by atoms with van der Waals surface area (Å²) in [6.07, 6.45) is 4.99. The van der Waals surface area contributed by atoms with Gasteiger partial charge in [-0.2, -0.15) is 10.3 Å². The Kier molecular flexibility index (Phi) is 7.50. The van der Waals surface area contributed by atoms with Crippen LogP contribution in [0.15, 0.2) is 78.2 Å². The number of hydrogen-bond donors (Lipinski definition) is 3. The van der Waals surface area contributed by atoms with E-state index < -0.39 is 24.0 Å². The van der Waals surface area contributed by atoms with Crippen LogP contribution in [0, 0.1) is 17.2 Å². The minimum absolute atomic E-state index is 0.0732. The molecular weight excluding hydrogens is 512 g/mol. The van der Waals surface area contributed by atoms with Crippen molar-refractivity contribution < 1.29 is 23.9 Å². The molecule has 11 nitrogen and oxygen atoms in total. The molecule has 40 heavy (non-hydrogen) atoms. The number of ether oxygens (including phenoxy) is 2. The molecule has 200 valence electrons. The van der Waals surface area contributed by atoms with Crippen LogP contribution >= 0.6 is 0 Å². The maximum atomic E-state index is 13.6. The van der Waals surface area contributed by atoms with E-state index in [1.807, 2.05) is 0 Å². The lowest BCUT2D eigenvalue weighted by molar-refractivity contribution is -0.148. The van der Waals surface area contributed by atoms with Crippen molar-refractivity contribution in [1.29, 1.82) is 5.26 Å². The summed E-state index contributed by atoms with van der Waals surface area (Å²) in [5.41, 5.74) is 3.21. The van der Waals surface area contributed by atoms with Crippen molar-refractivity contribution in [2.45, 2.75) is 19.6 Å². The SMILES string of the molecule is CC(=O)Nc1cccc(OCC2=NC(=O)NC(c3c[nH]c4cnccc34)C2C(=O)OCc2cccc(C#N)c2)c1. The molecule has 0 spiro atoms. The van der Waals surface area contributed by atoms with Crippen LogP contribution in [0.2, 0.25) is 0 Å². The van der Waals surface area contributed by atoms with Crippen LogP contribution < -0.4 is 15.4 Å². The number of nitriles is 1. The van der Waals surface area contributed by atoms with Crippen LogP contribution in [0.4, 0.5) is 10.5 Å². The number of carbonyl (C=O) groups excluding carboxylic acids is 3. The van der Waals surface area contributed by atoms with Crippen LogP contribution in [-0.2, 0) is 20.9 Å². The fraction of sp³-hybridized carbons (Fsp3) is 0.172. The second kappa shape index (κ2) is 11.5. The Bertz CT molecular complexity index is 1670. The van der Waals surface area contributed by atoms with Gasteiger partial charge in [-0.25, -0.2) is 4.79 Å². The number of nitrogens with one attached hydrogen (secondary N) is 3. The predicted molar refractivity (Wildman–Crippen MR) is 145 cm³/mol. The van der Waals surface area contributed by atoms with Gasteiger partial charge in [0.15, 0.2) is 0 Å². The number of esters is 1. The molecule has 11 heteroatoms. The highest BCUT2D eigenvalue weighted by Crippen LogP contribution is 2.33. The number of aromatic nitrogens is 2. The van der Waals surface area contributed by atoms with Gasteiger partial charge >= 0.3 is 12.0 Å². The van der Waals surface area contributed by atoms with E-state index >= 15 is 0 Å². The Morgan fingerprint density at radius 3 is 2.80 bits per heavy atom. The first-order chi connectivity index (χ1) is 19.4. The molecule has 3 heterocycles. The van der Waals surface area contributed by atoms with Crippen molar-refractivity contribution >= 4 is 40.2 Å². The minimum Gasteiger partial charge on any atom is -0.488 e. The molecule has 0 fully saturated rings. The van der Waals surface area contributed by atoms with E-state index in [0.717, 1.165) is 10.9 Å². The first kappa shape index (κ1) is 26.1. The molecule has 0 aliphatic carbocycles. The van der Waals surface area contributed by atoms with Gasteiger partial charge in [-0.15, -0.1) is 0 Å². The van der Waals surface area contributed by atoms with Gasteiger partial charge in [-0.1, -0.05) is 18.2 Å². The van der Waals surface area contributed by atoms with Gasteiger partial charge in [0.2, 0.25) is 5.91 Å². The zero-order valence-electron chi connectivity index (χ0n) is 21.4. The molecule has 2 aromatic carbocycles. The van der Waals surface area contributed by atoms with E-state index in [-0.39, 0.29) is 24.8 Å². The van der Waals surface area contributed by atoms with Crippen LogP contribution in [0.25, 0.3) is 10.9 Å². The third-order valence-electron chi connectivity index (χ3n) is 6.30. The number of hydrogen-bond acceptors (Lipinski definition) is 7. The molecule has 4 aromatic rings. The third-order valence-corrected chi connectivity index (χ3v) is 6.30. The molecule has 3 amide bonds. The van der Waals surface area contributed by atoms with E-state index in [4.69, 9.17) is 9.47 Å². The number of anilines is 1. The standard InChI is InChI=1S/C29H24N6O5/c1-17(36)33-20-6-3-7-21(11-20)39-16-25-26(28(37)40-15-19-5-2-4-18(10-19)12-30)27(35-29(38)34-25)23-13-32-24-14-31-9-8-22(23)24/h2-11,13-14,26-27,32H,15-16H2,1H3,(H,33,36)(H,35,38). The van der Waals surface area contributed by atoms with Crippen molar-refractivity contribution in [3.8, 4) is 11.8 Å². The summed E-state index contributed by atoms with van der Waals surface area (Å²) >= 11 is 0. The number of fused-ring (bicyclic) bond motifs is 1. The molecule has 5 rings (SSSR count). The lowest BCUT2D eigenvalue weighted by Gasteiger charge is -2.30. The number of H-pyrrole nitrogens is 1. The lowest BCUT2D eigenvalue weighted by Crippen LogP contribution is -2.46. The van der Waals surface area contributed by atoms with Gasteiger partial charge in [0.25, 0.3) is 0 Å². The van der Waals surface area contributed by atoms with Crippen molar-refractivity contribution in [3.05, 3.63) is 89.9 Å². The molecule has 0 saturated carbocycles. The summed E-state index contributed by atoms with van der Waals surface area (Å²) in [4.78, 5) is 49.1. The molecule has 2 atom stereocenters. The van der Waals surface area contributed by atoms with Gasteiger partial charge in [0.05, 0.1) is 35.1 Å². The lowest BCUT2D eigenvalue weighted by atomic mass is 9.87. The molecule has 0 bridgehead atoms. The number of benzene rings is 2. The Balaban J connectivity index is 1.44. The number of urea groups is 1. The maximum absolute atomic E-state index is 13.6. The van der Waals surface area contributed by atoms with E-state index in [2.05, 4.69) is 31.7 Å². The van der Waals surface area contributed by atoms with Crippen LogP contribution in [0.3, 0.4) is 0 Å². The first-order valence-electron chi connectivity index (χ1n) is 12.4. The molecule has 1 aliphatic heterocycles. The van der Waals surface area contributed by atoms with Gasteiger partial charge in [-0.3, -0.25) is 14.6 Å². The minimum atomic E-state index is -1.01. The fourth-order valence-corrected chi connectivity index (χ4v) is 4.54. The fourth-order valence-electron chi connectivity index (χ4n) is 4.54. The number of aromatic amines is 1. The molecule has 0 radical (unpaired) electrons. The topological polar surface area (TPSA) is 159 Å². The first-order valence-corrected chi connectivity index (χ1v) is 12.4. The number of pyridine rings is 1. The van der Waals surface area contributed by atoms with Crippen molar-refractivity contribution in [1.82, 2.24) is 15.3 Å². The van der Waals surface area contributed by atoms with E-state index in [0.29, 0.717) is 28.1 Å². The smallest absolute Gasteiger partial charge is 0.341 e. The molecule has 0 saturated heterocycles. The highest BCUT2D eigenvalue weighted by molar-refractivity contribution is 6.10. The molecular formula is C29H24N6O5. The second-order valence-corrected chi connectivity index (χ2v) is 9.09. The number of aliphatic imine (C=N–C) groups is 1. The summed E-state index contributed by atoms with van der Waals surface area (Å²) in [7, 11) is 0. The maximum Gasteiger partial charge on any atom is 0.341 e. The van der Waals surface area contributed by atoms with Crippen LogP contribution in [0.1, 0.15) is 29.7 Å². The monoisotopic (exact) mass is 536 g/mol. The van der Waals surface area contributed by atoms with E-state index in [9.17, 15) is 19.6 Å². The number of nitrogens with zero attached hydrogens (tertiary/aromatic N) is 3. The number of carbonyl (C=O) groups is 3. The quantitative estimate of drug-likeness (QED) is 0.287. The Morgan fingerprint density at radius 1 is 1.12 bits per heavy atom. The summed E-state index contributed by atoms with van der Waals surface area (Å²) in [6, 6.07) is 15.9. The van der Waals surface area contributed by atoms with E-state index in [1.165, 1.54) is 6.92 Å². The predicted octanol–water partition coefficient (Wildman–Crippen LogP) is 4.04. The molecule has 2 unspecified atom stereocenters. The third kappa shape index (κ3) is 5.81. The highest BCUT2D eigenvalue weighted by Gasteiger charge is 2.41. The van der Waals surface area contributed by atoms with Gasteiger partial charge in [0, 0.05) is 42.0 Å². The van der Waals surface area contributed by atoms with E-state index in [1.54, 1.807) is 73.2 Å². The van der Waals surface area contributed by atoms with Crippen molar-refractivity contribution in [2.75, 3.05) is 11.9 Å². The summed E-state index contributed by atoms with van der Waals surface area (Å²) in [6.45, 7) is 1.15. The van der Waals surface area contributed by atoms with Gasteiger partial charge in [-0.05, 0) is 35.9 Å². The average molecular weight is 537 g/mol. The molecule has 1 aliphatic rings. The van der Waals surface area contributed by atoms with Crippen molar-refractivity contribution in [2.24, 2.45) is 10.9 Å². The molecule has 3 N–H and O–H groups in total. The Hall–Kier alpha value is -5.50. The van der Waals surface area contributed by atoms with Crippen LogP contribution in [0.5, 0.6) is 5.75 Å². The highest BCUT2D eigenvalue weighted by atomic mass is 16.5. The number of rotatable bonds is 8. The normalized spacial score (nSPS) is 16.4. The average Bonchev–Trinajstić information content (AvgIpc) is 3.38. The second-order valence-electron chi connectivity index (χ2n) is 9.09. The Morgan fingerprint density at radius 2 is 1.98 bits per heavy atom. The summed E-state index contributed by atoms with van der Waals surface area (Å²) in [5.74, 6) is -1.45. The largest absolute Gasteiger partial charge is 0.488 e. The Labute approximate surface area is 228 Å². The molecule has 2 aromatic heterocycles. The van der Waals surface area contributed by atoms with Crippen molar-refractivity contribution in [3.63, 3.8) is 0 Å². The number of amides is 3. The van der Waals surface area contributed by atoms with Gasteiger partial charge in [0.1, 0.15) is 24.9 Å². The zero-order valence-corrected chi connectivity index (χ0v) is 21.4. The van der Waals surface area contributed by atoms with Crippen LogP contribution in [-0.4, -0.2) is 40.2 Å². The van der Waals surface area contributed by atoms with Gasteiger partial charge < -0.3 is 25.1 Å². The summed E-state index contributed by atoms with van der Waals surface area (Å²) < 4.78 is 11.6. The summed E-state index contributed by atoms with van der Waals surface area (Å²) in [5, 5.41) is 15.5.